The van der Waals surface area contributed by atoms with E-state index in [-0.39, 0.29) is 5.91 Å². The molecule has 0 atom stereocenters. The van der Waals surface area contributed by atoms with Crippen molar-refractivity contribution in [2.45, 2.75) is 51.6 Å². The summed E-state index contributed by atoms with van der Waals surface area (Å²) in [6, 6.07) is 1.50. The Kier molecular flexibility index (Phi) is 5.01. The Morgan fingerprint density at radius 1 is 1.11 bits per heavy atom. The van der Waals surface area contributed by atoms with Gasteiger partial charge in [0.15, 0.2) is 0 Å². The highest BCUT2D eigenvalue weighted by Crippen LogP contribution is 2.24. The molecule has 2 aliphatic rings. The molecule has 0 aromatic carbocycles. The summed E-state index contributed by atoms with van der Waals surface area (Å²) in [6.07, 6.45) is 5.26. The van der Waals surface area contributed by atoms with Gasteiger partial charge in [-0.25, -0.2) is 0 Å². The number of amides is 1. The zero-order chi connectivity index (χ0) is 13.0. The van der Waals surface area contributed by atoms with Gasteiger partial charge in [0.25, 0.3) is 0 Å². The highest BCUT2D eigenvalue weighted by Gasteiger charge is 2.28. The molecular weight excluding hydrogens is 226 g/mol. The van der Waals surface area contributed by atoms with Crippen LogP contribution in [-0.4, -0.2) is 60.5 Å². The van der Waals surface area contributed by atoms with Crippen molar-refractivity contribution in [2.75, 3.05) is 32.7 Å². The van der Waals surface area contributed by atoms with Gasteiger partial charge in [0.2, 0.25) is 5.91 Å². The third kappa shape index (κ3) is 3.45. The predicted octanol–water partition coefficient (Wildman–Crippen LogP) is 1.07. The average Bonchev–Trinajstić information content (AvgIpc) is 2.40. The van der Waals surface area contributed by atoms with E-state index in [1.807, 2.05) is 4.90 Å². The molecule has 1 N–H and O–H groups in total. The van der Waals surface area contributed by atoms with Crippen LogP contribution in [0.25, 0.3) is 0 Å². The molecule has 2 rings (SSSR count). The highest BCUT2D eigenvalue weighted by atomic mass is 16.2. The number of rotatable bonds is 3. The van der Waals surface area contributed by atoms with Gasteiger partial charge in [-0.15, -0.1) is 0 Å². The lowest BCUT2D eigenvalue weighted by molar-refractivity contribution is -0.131. The van der Waals surface area contributed by atoms with E-state index in [2.05, 4.69) is 17.1 Å². The topological polar surface area (TPSA) is 35.6 Å². The third-order valence-corrected chi connectivity index (χ3v) is 4.47. The summed E-state index contributed by atoms with van der Waals surface area (Å²) in [5, 5.41) is 3.56. The summed E-state index contributed by atoms with van der Waals surface area (Å²) in [7, 11) is 0. The van der Waals surface area contributed by atoms with Gasteiger partial charge >= 0.3 is 0 Å². The van der Waals surface area contributed by atoms with Crippen LogP contribution in [0, 0.1) is 0 Å². The average molecular weight is 253 g/mol. The zero-order valence-corrected chi connectivity index (χ0v) is 11.8. The molecule has 0 bridgehead atoms. The molecule has 1 saturated carbocycles. The maximum absolute atomic E-state index is 11.3. The van der Waals surface area contributed by atoms with Gasteiger partial charge < -0.3 is 10.2 Å². The Bertz CT molecular complexity index is 266. The summed E-state index contributed by atoms with van der Waals surface area (Å²) >= 11 is 0. The van der Waals surface area contributed by atoms with Crippen molar-refractivity contribution in [3.05, 3.63) is 0 Å². The molecule has 0 aromatic rings. The van der Waals surface area contributed by atoms with Crippen LogP contribution in [0.15, 0.2) is 0 Å². The predicted molar refractivity (Wildman–Crippen MR) is 73.5 cm³/mol. The SMILES string of the molecule is CCNC1CCC(N2CCN(C(C)=O)CC2)CC1. The van der Waals surface area contributed by atoms with E-state index in [0.29, 0.717) is 0 Å². The molecule has 104 valence electrons. The fourth-order valence-corrected chi connectivity index (χ4v) is 3.34. The summed E-state index contributed by atoms with van der Waals surface area (Å²) in [6.45, 7) is 8.92. The van der Waals surface area contributed by atoms with Crippen LogP contribution in [0.3, 0.4) is 0 Å². The second-order valence-electron chi connectivity index (χ2n) is 5.61. The molecule has 4 nitrogen and oxygen atoms in total. The van der Waals surface area contributed by atoms with E-state index in [1.165, 1.54) is 25.7 Å². The van der Waals surface area contributed by atoms with Crippen molar-refractivity contribution >= 4 is 5.91 Å². The minimum atomic E-state index is 0.227. The van der Waals surface area contributed by atoms with Crippen LogP contribution in [0.5, 0.6) is 0 Å². The van der Waals surface area contributed by atoms with Crippen molar-refractivity contribution in [1.29, 1.82) is 0 Å². The summed E-state index contributed by atoms with van der Waals surface area (Å²) in [5.41, 5.74) is 0. The molecule has 0 unspecified atom stereocenters. The van der Waals surface area contributed by atoms with E-state index < -0.39 is 0 Å². The van der Waals surface area contributed by atoms with E-state index in [9.17, 15) is 4.79 Å². The minimum absolute atomic E-state index is 0.227. The first kappa shape index (κ1) is 13.8. The quantitative estimate of drug-likeness (QED) is 0.817. The van der Waals surface area contributed by atoms with Crippen LogP contribution in [0.1, 0.15) is 39.5 Å². The summed E-state index contributed by atoms with van der Waals surface area (Å²) in [5.74, 6) is 0.227. The molecule has 1 heterocycles. The standard InChI is InChI=1S/C14H27N3O/c1-3-15-13-4-6-14(7-5-13)17-10-8-16(9-11-17)12(2)18/h13-15H,3-11H2,1-2H3. The van der Waals surface area contributed by atoms with Crippen LogP contribution >= 0.6 is 0 Å². The molecule has 1 aliphatic carbocycles. The van der Waals surface area contributed by atoms with Gasteiger partial charge in [0.1, 0.15) is 0 Å². The minimum Gasteiger partial charge on any atom is -0.340 e. The number of nitrogens with one attached hydrogen (secondary N) is 1. The first-order chi connectivity index (χ1) is 8.70. The van der Waals surface area contributed by atoms with E-state index in [1.54, 1.807) is 6.92 Å². The zero-order valence-electron chi connectivity index (χ0n) is 11.8. The van der Waals surface area contributed by atoms with E-state index in [4.69, 9.17) is 0 Å². The van der Waals surface area contributed by atoms with Crippen molar-refractivity contribution in [3.63, 3.8) is 0 Å². The van der Waals surface area contributed by atoms with E-state index >= 15 is 0 Å². The molecule has 2 fully saturated rings. The largest absolute Gasteiger partial charge is 0.340 e. The normalized spacial score (nSPS) is 30.4. The maximum atomic E-state index is 11.3. The Balaban J connectivity index is 1.73. The van der Waals surface area contributed by atoms with Crippen LogP contribution in [0.2, 0.25) is 0 Å². The van der Waals surface area contributed by atoms with Gasteiger partial charge in [-0.2, -0.15) is 0 Å². The number of piperazine rings is 1. The highest BCUT2D eigenvalue weighted by molar-refractivity contribution is 5.73. The van der Waals surface area contributed by atoms with Gasteiger partial charge in [-0.3, -0.25) is 9.69 Å². The lowest BCUT2D eigenvalue weighted by Crippen LogP contribution is -2.52. The van der Waals surface area contributed by atoms with Crippen molar-refractivity contribution in [3.8, 4) is 0 Å². The number of nitrogens with zero attached hydrogens (tertiary/aromatic N) is 2. The molecule has 0 radical (unpaired) electrons. The molecule has 18 heavy (non-hydrogen) atoms. The lowest BCUT2D eigenvalue weighted by Gasteiger charge is -2.41. The second-order valence-corrected chi connectivity index (χ2v) is 5.61. The number of hydrogen-bond acceptors (Lipinski definition) is 3. The Hall–Kier alpha value is -0.610. The van der Waals surface area contributed by atoms with Gasteiger partial charge in [-0.05, 0) is 32.2 Å². The Labute approximate surface area is 111 Å². The lowest BCUT2D eigenvalue weighted by atomic mass is 9.90. The molecule has 4 heteroatoms. The fraction of sp³-hybridized carbons (Fsp3) is 0.929. The van der Waals surface area contributed by atoms with Crippen molar-refractivity contribution in [1.82, 2.24) is 15.1 Å². The van der Waals surface area contributed by atoms with Gasteiger partial charge in [0, 0.05) is 45.2 Å². The first-order valence-corrected chi connectivity index (χ1v) is 7.43. The Morgan fingerprint density at radius 3 is 2.22 bits per heavy atom. The van der Waals surface area contributed by atoms with Gasteiger partial charge in [-0.1, -0.05) is 6.92 Å². The van der Waals surface area contributed by atoms with E-state index in [0.717, 1.165) is 44.8 Å². The van der Waals surface area contributed by atoms with Crippen molar-refractivity contribution < 1.29 is 4.79 Å². The third-order valence-electron chi connectivity index (χ3n) is 4.47. The maximum Gasteiger partial charge on any atom is 0.219 e. The van der Waals surface area contributed by atoms with Crippen LogP contribution in [0.4, 0.5) is 0 Å². The van der Waals surface area contributed by atoms with Crippen LogP contribution < -0.4 is 5.32 Å². The molecule has 0 spiro atoms. The molecule has 1 aliphatic heterocycles. The molecule has 1 amide bonds. The smallest absolute Gasteiger partial charge is 0.219 e. The van der Waals surface area contributed by atoms with Crippen LogP contribution in [-0.2, 0) is 4.79 Å². The fourth-order valence-electron chi connectivity index (χ4n) is 3.34. The number of hydrogen-bond donors (Lipinski definition) is 1. The number of carbonyl (C=O) groups excluding carboxylic acids is 1. The number of carbonyl (C=O) groups is 1. The molecular formula is C14H27N3O. The summed E-state index contributed by atoms with van der Waals surface area (Å²) < 4.78 is 0. The second kappa shape index (κ2) is 6.53. The molecule has 1 saturated heterocycles. The first-order valence-electron chi connectivity index (χ1n) is 7.43. The Morgan fingerprint density at radius 2 is 1.72 bits per heavy atom. The van der Waals surface area contributed by atoms with Gasteiger partial charge in [0.05, 0.1) is 0 Å². The summed E-state index contributed by atoms with van der Waals surface area (Å²) in [4.78, 5) is 15.9. The van der Waals surface area contributed by atoms with Crippen molar-refractivity contribution in [2.24, 2.45) is 0 Å². The monoisotopic (exact) mass is 253 g/mol. The molecule has 0 aromatic heterocycles.